The van der Waals surface area contributed by atoms with Crippen LogP contribution in [0.15, 0.2) is 47.4 Å². The molecular formula is C18H20F2N2O3S. The molecule has 0 unspecified atom stereocenters. The summed E-state index contributed by atoms with van der Waals surface area (Å²) in [6, 6.07) is 9.12. The van der Waals surface area contributed by atoms with E-state index in [2.05, 4.69) is 9.62 Å². The van der Waals surface area contributed by atoms with E-state index in [4.69, 9.17) is 4.74 Å². The van der Waals surface area contributed by atoms with Crippen LogP contribution in [-0.4, -0.2) is 34.7 Å². The van der Waals surface area contributed by atoms with Crippen LogP contribution >= 0.6 is 0 Å². The molecule has 1 heterocycles. The molecule has 0 aliphatic carbocycles. The van der Waals surface area contributed by atoms with Gasteiger partial charge in [0.15, 0.2) is 0 Å². The SMILES string of the molecule is COC1CCN(c2ccc(NS(=O)(=O)c3cc(F)ccc3F)cc2)CC1. The lowest BCUT2D eigenvalue weighted by Gasteiger charge is -2.33. The highest BCUT2D eigenvalue weighted by Crippen LogP contribution is 2.25. The Bertz CT molecular complexity index is 865. The molecule has 3 rings (SSSR count). The summed E-state index contributed by atoms with van der Waals surface area (Å²) in [6.07, 6.45) is 2.14. The van der Waals surface area contributed by atoms with Gasteiger partial charge in [-0.15, -0.1) is 0 Å². The van der Waals surface area contributed by atoms with E-state index in [1.807, 2.05) is 0 Å². The van der Waals surface area contributed by atoms with E-state index >= 15 is 0 Å². The Hall–Kier alpha value is -2.19. The quantitative estimate of drug-likeness (QED) is 0.861. The van der Waals surface area contributed by atoms with Crippen LogP contribution in [0, 0.1) is 11.6 Å². The zero-order chi connectivity index (χ0) is 18.7. The van der Waals surface area contributed by atoms with Crippen molar-refractivity contribution in [1.82, 2.24) is 0 Å². The Kier molecular flexibility index (Phi) is 5.43. The summed E-state index contributed by atoms with van der Waals surface area (Å²) >= 11 is 0. The number of halogens is 2. The summed E-state index contributed by atoms with van der Waals surface area (Å²) in [6.45, 7) is 1.72. The van der Waals surface area contributed by atoms with Gasteiger partial charge in [0.05, 0.1) is 6.10 Å². The number of nitrogens with one attached hydrogen (secondary N) is 1. The van der Waals surface area contributed by atoms with E-state index < -0.39 is 26.6 Å². The first kappa shape index (κ1) is 18.6. The minimum absolute atomic E-state index is 0.276. The first-order valence-corrected chi connectivity index (χ1v) is 9.73. The summed E-state index contributed by atoms with van der Waals surface area (Å²) in [5.74, 6) is -1.82. The van der Waals surface area contributed by atoms with Crippen molar-refractivity contribution >= 4 is 21.4 Å². The van der Waals surface area contributed by atoms with Crippen molar-refractivity contribution in [3.63, 3.8) is 0 Å². The van der Waals surface area contributed by atoms with Gasteiger partial charge in [0.1, 0.15) is 16.5 Å². The number of ether oxygens (including phenoxy) is 1. The zero-order valence-electron chi connectivity index (χ0n) is 14.3. The van der Waals surface area contributed by atoms with Crippen LogP contribution in [0.2, 0.25) is 0 Å². The van der Waals surface area contributed by atoms with Crippen molar-refractivity contribution in [2.24, 2.45) is 0 Å². The minimum atomic E-state index is -4.21. The van der Waals surface area contributed by atoms with Gasteiger partial charge in [-0.3, -0.25) is 4.72 Å². The molecule has 2 aromatic rings. The Morgan fingerprint density at radius 2 is 1.73 bits per heavy atom. The number of methoxy groups -OCH3 is 1. The van der Waals surface area contributed by atoms with Crippen LogP contribution in [0.3, 0.4) is 0 Å². The van der Waals surface area contributed by atoms with E-state index in [9.17, 15) is 17.2 Å². The summed E-state index contributed by atoms with van der Waals surface area (Å²) in [4.78, 5) is 1.48. The molecule has 5 nitrogen and oxygen atoms in total. The highest BCUT2D eigenvalue weighted by Gasteiger charge is 2.21. The summed E-state index contributed by atoms with van der Waals surface area (Å²) in [7, 11) is -2.50. The topological polar surface area (TPSA) is 58.6 Å². The summed E-state index contributed by atoms with van der Waals surface area (Å²) < 4.78 is 59.2. The number of nitrogens with zero attached hydrogens (tertiary/aromatic N) is 1. The normalized spacial score (nSPS) is 15.9. The first-order valence-electron chi connectivity index (χ1n) is 8.25. The molecule has 1 aliphatic rings. The number of piperidine rings is 1. The lowest BCUT2D eigenvalue weighted by molar-refractivity contribution is 0.0819. The predicted molar refractivity (Wildman–Crippen MR) is 95.9 cm³/mol. The van der Waals surface area contributed by atoms with Gasteiger partial charge >= 0.3 is 0 Å². The van der Waals surface area contributed by atoms with Crippen LogP contribution in [-0.2, 0) is 14.8 Å². The Balaban J connectivity index is 1.72. The number of anilines is 2. The molecule has 1 fully saturated rings. The fourth-order valence-electron chi connectivity index (χ4n) is 2.98. The number of rotatable bonds is 5. The number of hydrogen-bond acceptors (Lipinski definition) is 4. The third-order valence-corrected chi connectivity index (χ3v) is 5.84. The van der Waals surface area contributed by atoms with Crippen LogP contribution in [0.5, 0.6) is 0 Å². The van der Waals surface area contributed by atoms with Crippen molar-refractivity contribution in [2.75, 3.05) is 29.8 Å². The Morgan fingerprint density at radius 1 is 1.08 bits per heavy atom. The van der Waals surface area contributed by atoms with E-state index in [0.717, 1.165) is 43.8 Å². The molecule has 26 heavy (non-hydrogen) atoms. The average Bonchev–Trinajstić information content (AvgIpc) is 2.64. The predicted octanol–water partition coefficient (Wildman–Crippen LogP) is 3.38. The largest absolute Gasteiger partial charge is 0.381 e. The Labute approximate surface area is 151 Å². The van der Waals surface area contributed by atoms with E-state index in [1.165, 1.54) is 0 Å². The molecule has 0 amide bonds. The zero-order valence-corrected chi connectivity index (χ0v) is 15.1. The molecule has 0 spiro atoms. The highest BCUT2D eigenvalue weighted by atomic mass is 32.2. The van der Waals surface area contributed by atoms with Crippen molar-refractivity contribution in [1.29, 1.82) is 0 Å². The van der Waals surface area contributed by atoms with Crippen molar-refractivity contribution in [3.8, 4) is 0 Å². The molecule has 8 heteroatoms. The van der Waals surface area contributed by atoms with Crippen molar-refractivity contribution < 1.29 is 21.9 Å². The van der Waals surface area contributed by atoms with Gasteiger partial charge in [0.2, 0.25) is 0 Å². The molecule has 0 radical (unpaired) electrons. The molecule has 1 N–H and O–H groups in total. The molecular weight excluding hydrogens is 362 g/mol. The molecule has 0 saturated carbocycles. The summed E-state index contributed by atoms with van der Waals surface area (Å²) in [5.41, 5.74) is 1.25. The molecule has 1 aliphatic heterocycles. The molecule has 0 bridgehead atoms. The van der Waals surface area contributed by atoms with Crippen LogP contribution in [0.4, 0.5) is 20.2 Å². The van der Waals surface area contributed by atoms with Crippen molar-refractivity contribution in [3.05, 3.63) is 54.1 Å². The van der Waals surface area contributed by atoms with Crippen molar-refractivity contribution in [2.45, 2.75) is 23.8 Å². The number of hydrogen-bond donors (Lipinski definition) is 1. The summed E-state index contributed by atoms with van der Waals surface area (Å²) in [5, 5.41) is 0. The van der Waals surface area contributed by atoms with Gasteiger partial charge in [0, 0.05) is 31.6 Å². The maximum atomic E-state index is 13.7. The molecule has 1 saturated heterocycles. The van der Waals surface area contributed by atoms with Crippen LogP contribution < -0.4 is 9.62 Å². The fraction of sp³-hybridized carbons (Fsp3) is 0.333. The van der Waals surface area contributed by atoms with Gasteiger partial charge in [-0.05, 0) is 55.3 Å². The van der Waals surface area contributed by atoms with Gasteiger partial charge in [0.25, 0.3) is 10.0 Å². The second-order valence-corrected chi connectivity index (χ2v) is 7.80. The lowest BCUT2D eigenvalue weighted by atomic mass is 10.1. The Morgan fingerprint density at radius 3 is 2.35 bits per heavy atom. The monoisotopic (exact) mass is 382 g/mol. The number of sulfonamides is 1. The number of benzene rings is 2. The molecule has 0 aromatic heterocycles. The first-order chi connectivity index (χ1) is 12.4. The van der Waals surface area contributed by atoms with Gasteiger partial charge in [-0.2, -0.15) is 0 Å². The van der Waals surface area contributed by atoms with Gasteiger partial charge in [-0.1, -0.05) is 0 Å². The van der Waals surface area contributed by atoms with Crippen LogP contribution in [0.25, 0.3) is 0 Å². The minimum Gasteiger partial charge on any atom is -0.381 e. The lowest BCUT2D eigenvalue weighted by Crippen LogP contribution is -2.36. The third kappa shape index (κ3) is 4.13. The second kappa shape index (κ2) is 7.59. The third-order valence-electron chi connectivity index (χ3n) is 4.44. The van der Waals surface area contributed by atoms with E-state index in [0.29, 0.717) is 6.07 Å². The molecule has 0 atom stereocenters. The standard InChI is InChI=1S/C18H20F2N2O3S/c1-25-16-8-10-22(11-9-16)15-5-3-14(4-6-15)21-26(23,24)18-12-13(19)2-7-17(18)20/h2-7,12,16,21H,8-11H2,1H3. The van der Waals surface area contributed by atoms with Gasteiger partial charge < -0.3 is 9.64 Å². The molecule has 140 valence electrons. The van der Waals surface area contributed by atoms with Crippen LogP contribution in [0.1, 0.15) is 12.8 Å². The average molecular weight is 382 g/mol. The fourth-order valence-corrected chi connectivity index (χ4v) is 4.13. The maximum absolute atomic E-state index is 13.7. The second-order valence-electron chi connectivity index (χ2n) is 6.15. The van der Waals surface area contributed by atoms with E-state index in [1.54, 1.807) is 31.4 Å². The maximum Gasteiger partial charge on any atom is 0.264 e. The highest BCUT2D eigenvalue weighted by molar-refractivity contribution is 7.92. The van der Waals surface area contributed by atoms with Gasteiger partial charge in [-0.25, -0.2) is 17.2 Å². The molecule has 2 aromatic carbocycles. The van der Waals surface area contributed by atoms with E-state index in [-0.39, 0.29) is 11.8 Å². The smallest absolute Gasteiger partial charge is 0.264 e.